The van der Waals surface area contributed by atoms with Gasteiger partial charge in [-0.3, -0.25) is 9.00 Å². The fraction of sp³-hybridized carbons (Fsp3) is 0.455. The minimum absolute atomic E-state index is 0.0839. The van der Waals surface area contributed by atoms with Gasteiger partial charge in [-0.25, -0.2) is 4.98 Å². The summed E-state index contributed by atoms with van der Waals surface area (Å²) >= 11 is 0. The highest BCUT2D eigenvalue weighted by molar-refractivity contribution is 7.85. The van der Waals surface area contributed by atoms with E-state index in [1.165, 1.54) is 6.20 Å². The van der Waals surface area contributed by atoms with Gasteiger partial charge in [0.2, 0.25) is 5.91 Å². The average molecular weight is 255 g/mol. The topological polar surface area (TPSA) is 85.1 Å². The number of hydrogen-bond donors (Lipinski definition) is 2. The Hall–Kier alpha value is -1.43. The Morgan fingerprint density at radius 1 is 1.65 bits per heavy atom. The van der Waals surface area contributed by atoms with Gasteiger partial charge in [0.05, 0.1) is 16.5 Å². The molecule has 0 aliphatic heterocycles. The number of carbonyl (C=O) groups excluding carboxylic acids is 1. The van der Waals surface area contributed by atoms with Crippen molar-refractivity contribution in [1.82, 2.24) is 10.3 Å². The van der Waals surface area contributed by atoms with E-state index in [-0.39, 0.29) is 22.7 Å². The highest BCUT2D eigenvalue weighted by Gasteiger charge is 2.14. The van der Waals surface area contributed by atoms with Crippen LogP contribution in [0.4, 0.5) is 5.69 Å². The molecule has 1 rings (SSSR count). The first-order valence-corrected chi connectivity index (χ1v) is 6.74. The molecule has 0 saturated carbocycles. The predicted octanol–water partition coefficient (Wildman–Crippen LogP) is 0.686. The van der Waals surface area contributed by atoms with Gasteiger partial charge in [-0.1, -0.05) is 6.92 Å². The van der Waals surface area contributed by atoms with Crippen LogP contribution in [0, 0.1) is 0 Å². The number of rotatable bonds is 5. The van der Waals surface area contributed by atoms with Gasteiger partial charge in [0.1, 0.15) is 5.75 Å². The van der Waals surface area contributed by atoms with Crippen molar-refractivity contribution >= 4 is 22.4 Å². The molecule has 0 spiro atoms. The Morgan fingerprint density at radius 2 is 2.35 bits per heavy atom. The highest BCUT2D eigenvalue weighted by atomic mass is 32.2. The molecule has 6 heteroatoms. The van der Waals surface area contributed by atoms with Crippen molar-refractivity contribution in [2.75, 3.05) is 11.5 Å². The zero-order valence-electron chi connectivity index (χ0n) is 9.97. The average Bonchev–Trinajstić information content (AvgIpc) is 2.29. The third-order valence-electron chi connectivity index (χ3n) is 2.30. The van der Waals surface area contributed by atoms with Crippen LogP contribution in [0.25, 0.3) is 0 Å². The summed E-state index contributed by atoms with van der Waals surface area (Å²) in [5.41, 5.74) is 5.99. The van der Waals surface area contributed by atoms with Crippen molar-refractivity contribution in [2.24, 2.45) is 0 Å². The second-order valence-corrected chi connectivity index (χ2v) is 5.13. The van der Waals surface area contributed by atoms with Crippen LogP contribution < -0.4 is 11.1 Å². The SMILES string of the molecule is CCC(C)NC(=O)CS(=O)c1ncccc1N. The largest absolute Gasteiger partial charge is 0.396 e. The molecule has 0 fully saturated rings. The van der Waals surface area contributed by atoms with Gasteiger partial charge in [0, 0.05) is 12.2 Å². The Balaban J connectivity index is 2.61. The molecule has 5 nitrogen and oxygen atoms in total. The zero-order valence-corrected chi connectivity index (χ0v) is 10.8. The van der Waals surface area contributed by atoms with E-state index < -0.39 is 10.8 Å². The minimum Gasteiger partial charge on any atom is -0.396 e. The summed E-state index contributed by atoms with van der Waals surface area (Å²) in [5.74, 6) is -0.353. The fourth-order valence-electron chi connectivity index (χ4n) is 1.20. The summed E-state index contributed by atoms with van der Waals surface area (Å²) in [4.78, 5) is 15.5. The molecule has 0 aromatic carbocycles. The quantitative estimate of drug-likeness (QED) is 0.810. The van der Waals surface area contributed by atoms with Crippen LogP contribution in [0.1, 0.15) is 20.3 Å². The number of anilines is 1. The summed E-state index contributed by atoms with van der Waals surface area (Å²) in [5, 5.41) is 3.02. The number of hydrogen-bond acceptors (Lipinski definition) is 4. The van der Waals surface area contributed by atoms with Gasteiger partial charge in [-0.05, 0) is 25.5 Å². The van der Waals surface area contributed by atoms with E-state index in [2.05, 4.69) is 10.3 Å². The second-order valence-electron chi connectivity index (χ2n) is 3.76. The molecule has 0 aliphatic rings. The Labute approximate surface area is 103 Å². The van der Waals surface area contributed by atoms with Gasteiger partial charge in [0.15, 0.2) is 5.03 Å². The Bertz CT molecular complexity index is 423. The van der Waals surface area contributed by atoms with Gasteiger partial charge in [-0.2, -0.15) is 0 Å². The lowest BCUT2D eigenvalue weighted by Gasteiger charge is -2.11. The molecule has 0 saturated heterocycles. The van der Waals surface area contributed by atoms with Crippen molar-refractivity contribution in [1.29, 1.82) is 0 Å². The van der Waals surface area contributed by atoms with Crippen LogP contribution in [0.5, 0.6) is 0 Å². The number of nitrogens with two attached hydrogens (primary N) is 1. The van der Waals surface area contributed by atoms with E-state index in [1.807, 2.05) is 13.8 Å². The first kappa shape index (κ1) is 13.6. The van der Waals surface area contributed by atoms with Crippen molar-refractivity contribution in [2.45, 2.75) is 31.3 Å². The summed E-state index contributed by atoms with van der Waals surface area (Å²) in [6, 6.07) is 3.36. The van der Waals surface area contributed by atoms with Gasteiger partial charge in [0.25, 0.3) is 0 Å². The molecule has 2 atom stereocenters. The standard InChI is InChI=1S/C11H17N3O2S/c1-3-8(2)14-10(15)7-17(16)11-9(12)5-4-6-13-11/h4-6,8H,3,7,12H2,1-2H3,(H,14,15). The summed E-state index contributed by atoms with van der Waals surface area (Å²) < 4.78 is 11.9. The summed E-state index contributed by atoms with van der Waals surface area (Å²) in [6.07, 6.45) is 2.35. The predicted molar refractivity (Wildman–Crippen MR) is 67.8 cm³/mol. The maximum absolute atomic E-state index is 11.9. The van der Waals surface area contributed by atoms with Crippen LogP contribution in [-0.2, 0) is 15.6 Å². The highest BCUT2D eigenvalue weighted by Crippen LogP contribution is 2.11. The Kier molecular flexibility index (Phi) is 5.09. The first-order valence-electron chi connectivity index (χ1n) is 5.42. The molecule has 94 valence electrons. The van der Waals surface area contributed by atoms with Crippen LogP contribution in [0.2, 0.25) is 0 Å². The summed E-state index contributed by atoms with van der Waals surface area (Å²) in [6.45, 7) is 3.87. The number of carbonyl (C=O) groups is 1. The lowest BCUT2D eigenvalue weighted by Crippen LogP contribution is -2.35. The third kappa shape index (κ3) is 4.14. The number of aromatic nitrogens is 1. The minimum atomic E-state index is -1.49. The number of nitrogen functional groups attached to an aromatic ring is 1. The molecule has 1 heterocycles. The molecule has 2 unspecified atom stereocenters. The molecular formula is C11H17N3O2S. The number of pyridine rings is 1. The molecule has 0 aliphatic carbocycles. The lowest BCUT2D eigenvalue weighted by molar-refractivity contribution is -0.119. The van der Waals surface area contributed by atoms with Gasteiger partial charge < -0.3 is 11.1 Å². The normalized spacial score (nSPS) is 14.0. The summed E-state index contributed by atoms with van der Waals surface area (Å²) in [7, 11) is -1.49. The molecular weight excluding hydrogens is 238 g/mol. The maximum Gasteiger partial charge on any atom is 0.233 e. The number of nitrogens with zero attached hydrogens (tertiary/aromatic N) is 1. The monoisotopic (exact) mass is 255 g/mol. The van der Waals surface area contributed by atoms with E-state index in [1.54, 1.807) is 12.1 Å². The van der Waals surface area contributed by atoms with E-state index in [0.29, 0.717) is 5.69 Å². The van der Waals surface area contributed by atoms with Crippen LogP contribution >= 0.6 is 0 Å². The molecule has 1 aromatic rings. The van der Waals surface area contributed by atoms with Crippen LogP contribution in [0.15, 0.2) is 23.4 Å². The van der Waals surface area contributed by atoms with E-state index in [9.17, 15) is 9.00 Å². The molecule has 0 radical (unpaired) electrons. The number of nitrogens with one attached hydrogen (secondary N) is 1. The van der Waals surface area contributed by atoms with E-state index >= 15 is 0 Å². The van der Waals surface area contributed by atoms with E-state index in [0.717, 1.165) is 6.42 Å². The third-order valence-corrected chi connectivity index (χ3v) is 3.59. The zero-order chi connectivity index (χ0) is 12.8. The van der Waals surface area contributed by atoms with E-state index in [4.69, 9.17) is 5.73 Å². The fourth-order valence-corrected chi connectivity index (χ4v) is 2.17. The molecule has 17 heavy (non-hydrogen) atoms. The first-order chi connectivity index (χ1) is 8.04. The smallest absolute Gasteiger partial charge is 0.233 e. The van der Waals surface area contributed by atoms with Crippen molar-refractivity contribution in [3.05, 3.63) is 18.3 Å². The van der Waals surface area contributed by atoms with Gasteiger partial charge >= 0.3 is 0 Å². The lowest BCUT2D eigenvalue weighted by atomic mass is 10.3. The van der Waals surface area contributed by atoms with Gasteiger partial charge in [-0.15, -0.1) is 0 Å². The molecule has 0 bridgehead atoms. The second kappa shape index (κ2) is 6.34. The maximum atomic E-state index is 11.9. The molecule has 1 aromatic heterocycles. The van der Waals surface area contributed by atoms with Crippen molar-refractivity contribution in [3.8, 4) is 0 Å². The Morgan fingerprint density at radius 3 is 2.94 bits per heavy atom. The van der Waals surface area contributed by atoms with Crippen molar-refractivity contribution in [3.63, 3.8) is 0 Å². The number of amides is 1. The molecule has 1 amide bonds. The van der Waals surface area contributed by atoms with Crippen LogP contribution in [-0.4, -0.2) is 26.9 Å². The molecule has 3 N–H and O–H groups in total. The van der Waals surface area contributed by atoms with Crippen LogP contribution in [0.3, 0.4) is 0 Å². The van der Waals surface area contributed by atoms with Crippen molar-refractivity contribution < 1.29 is 9.00 Å².